The maximum Gasteiger partial charge on any atom is 0.296 e. The molecule has 0 radical (unpaired) electrons. The molecule has 4 N–H and O–H groups in total. The van der Waals surface area contributed by atoms with E-state index in [9.17, 15) is 20.0 Å². The van der Waals surface area contributed by atoms with Gasteiger partial charge in [-0.2, -0.15) is 0 Å². The maximum atomic E-state index is 11.3. The minimum Gasteiger partial charge on any atom is -0.505 e. The zero-order valence-corrected chi connectivity index (χ0v) is 8.51. The van der Waals surface area contributed by atoms with Crippen molar-refractivity contribution >= 4 is 17.3 Å². The van der Waals surface area contributed by atoms with Crippen molar-refractivity contribution in [3.8, 4) is 5.75 Å². The highest BCUT2D eigenvalue weighted by molar-refractivity contribution is 5.97. The van der Waals surface area contributed by atoms with Crippen LogP contribution in [0.5, 0.6) is 5.75 Å². The summed E-state index contributed by atoms with van der Waals surface area (Å²) in [4.78, 5) is 21.2. The largest absolute Gasteiger partial charge is 0.505 e. The van der Waals surface area contributed by atoms with Gasteiger partial charge in [-0.1, -0.05) is 6.07 Å². The second kappa shape index (κ2) is 4.58. The van der Waals surface area contributed by atoms with Crippen LogP contribution in [0.2, 0.25) is 0 Å². The van der Waals surface area contributed by atoms with Crippen LogP contribution in [0.3, 0.4) is 0 Å². The Morgan fingerprint density at radius 2 is 2.25 bits per heavy atom. The van der Waals surface area contributed by atoms with E-state index >= 15 is 0 Å². The van der Waals surface area contributed by atoms with E-state index in [1.165, 1.54) is 25.1 Å². The summed E-state index contributed by atoms with van der Waals surface area (Å²) in [5, 5.41) is 22.3. The standard InChI is InChI=1S/C9H11N3O4/c1-5(10)9(14)11-8-6(12(15)16)3-2-4-7(8)13/h2-5,13H,10H2,1H3,(H,11,14)/t5-/m0/s1. The van der Waals surface area contributed by atoms with Crippen molar-refractivity contribution in [1.82, 2.24) is 0 Å². The lowest BCUT2D eigenvalue weighted by atomic mass is 10.2. The van der Waals surface area contributed by atoms with E-state index < -0.39 is 16.9 Å². The molecule has 7 nitrogen and oxygen atoms in total. The SMILES string of the molecule is C[C@H](N)C(=O)Nc1c(O)cccc1[N+](=O)[O-]. The van der Waals surface area contributed by atoms with Crippen molar-refractivity contribution in [2.75, 3.05) is 5.32 Å². The molecule has 0 aromatic heterocycles. The first-order chi connectivity index (χ1) is 7.43. The van der Waals surface area contributed by atoms with E-state index in [-0.39, 0.29) is 17.1 Å². The van der Waals surface area contributed by atoms with Crippen LogP contribution in [0.4, 0.5) is 11.4 Å². The summed E-state index contributed by atoms with van der Waals surface area (Å²) in [5.74, 6) is -0.979. The van der Waals surface area contributed by atoms with Gasteiger partial charge in [0.15, 0.2) is 5.69 Å². The molecule has 0 aliphatic carbocycles. The molecule has 16 heavy (non-hydrogen) atoms. The lowest BCUT2D eigenvalue weighted by molar-refractivity contribution is -0.384. The van der Waals surface area contributed by atoms with E-state index in [1.54, 1.807) is 0 Å². The van der Waals surface area contributed by atoms with E-state index in [0.29, 0.717) is 0 Å². The molecule has 1 aromatic rings. The molecule has 0 heterocycles. The van der Waals surface area contributed by atoms with Gasteiger partial charge in [0.25, 0.3) is 5.69 Å². The lowest BCUT2D eigenvalue weighted by Gasteiger charge is -2.09. The van der Waals surface area contributed by atoms with Crippen LogP contribution in [0.15, 0.2) is 18.2 Å². The third kappa shape index (κ3) is 2.45. The monoisotopic (exact) mass is 225 g/mol. The smallest absolute Gasteiger partial charge is 0.296 e. The van der Waals surface area contributed by atoms with E-state index in [1.807, 2.05) is 0 Å². The summed E-state index contributed by atoms with van der Waals surface area (Å²) < 4.78 is 0. The van der Waals surface area contributed by atoms with Gasteiger partial charge in [-0.05, 0) is 13.0 Å². The maximum absolute atomic E-state index is 11.3. The normalized spacial score (nSPS) is 11.9. The molecule has 0 saturated carbocycles. The number of anilines is 1. The molecular weight excluding hydrogens is 214 g/mol. The number of nitro benzene ring substituents is 1. The van der Waals surface area contributed by atoms with Gasteiger partial charge in [-0.3, -0.25) is 14.9 Å². The number of amides is 1. The Hall–Kier alpha value is -2.15. The zero-order chi connectivity index (χ0) is 12.3. The van der Waals surface area contributed by atoms with Gasteiger partial charge in [-0.25, -0.2) is 0 Å². The first-order valence-electron chi connectivity index (χ1n) is 4.46. The number of nitrogens with one attached hydrogen (secondary N) is 1. The highest BCUT2D eigenvalue weighted by Gasteiger charge is 2.20. The molecule has 1 amide bonds. The zero-order valence-electron chi connectivity index (χ0n) is 8.51. The number of benzene rings is 1. The van der Waals surface area contributed by atoms with Gasteiger partial charge in [0.1, 0.15) is 5.75 Å². The van der Waals surface area contributed by atoms with Crippen molar-refractivity contribution in [2.24, 2.45) is 5.73 Å². The summed E-state index contributed by atoms with van der Waals surface area (Å²) >= 11 is 0. The fraction of sp³-hybridized carbons (Fsp3) is 0.222. The number of phenols is 1. The Morgan fingerprint density at radius 3 is 2.75 bits per heavy atom. The first-order valence-corrected chi connectivity index (χ1v) is 4.46. The number of nitrogens with two attached hydrogens (primary N) is 1. The van der Waals surface area contributed by atoms with Crippen LogP contribution in [-0.2, 0) is 4.79 Å². The molecule has 0 unspecified atom stereocenters. The molecule has 1 aromatic carbocycles. The summed E-state index contributed by atoms with van der Waals surface area (Å²) in [6.45, 7) is 1.43. The quantitative estimate of drug-likeness (QED) is 0.395. The van der Waals surface area contributed by atoms with E-state index in [4.69, 9.17) is 5.73 Å². The van der Waals surface area contributed by atoms with Gasteiger partial charge in [-0.15, -0.1) is 0 Å². The highest BCUT2D eigenvalue weighted by atomic mass is 16.6. The Morgan fingerprint density at radius 1 is 1.62 bits per heavy atom. The number of rotatable bonds is 3. The van der Waals surface area contributed by atoms with Crippen molar-refractivity contribution in [1.29, 1.82) is 0 Å². The van der Waals surface area contributed by atoms with Crippen molar-refractivity contribution < 1.29 is 14.8 Å². The van der Waals surface area contributed by atoms with Gasteiger partial charge in [0.05, 0.1) is 11.0 Å². The van der Waals surface area contributed by atoms with Gasteiger partial charge in [0.2, 0.25) is 5.91 Å². The fourth-order valence-electron chi connectivity index (χ4n) is 1.05. The Kier molecular flexibility index (Phi) is 3.41. The van der Waals surface area contributed by atoms with Gasteiger partial charge >= 0.3 is 0 Å². The molecule has 1 atom stereocenters. The Labute approximate surface area is 91.0 Å². The number of nitrogens with zero attached hydrogens (tertiary/aromatic N) is 1. The van der Waals surface area contributed by atoms with E-state index in [2.05, 4.69) is 5.32 Å². The molecule has 86 valence electrons. The van der Waals surface area contributed by atoms with E-state index in [0.717, 1.165) is 0 Å². The predicted octanol–water partition coefficient (Wildman–Crippen LogP) is 0.586. The van der Waals surface area contributed by atoms with Crippen LogP contribution in [0.1, 0.15) is 6.92 Å². The van der Waals surface area contributed by atoms with Crippen molar-refractivity contribution in [2.45, 2.75) is 13.0 Å². The molecule has 0 fully saturated rings. The Bertz CT molecular complexity index is 431. The number of carbonyl (C=O) groups is 1. The number of hydrogen-bond donors (Lipinski definition) is 3. The summed E-state index contributed by atoms with van der Waals surface area (Å²) in [6, 6.07) is 2.91. The molecule has 0 aliphatic rings. The van der Waals surface area contributed by atoms with Crippen LogP contribution in [0.25, 0.3) is 0 Å². The average Bonchev–Trinajstić information content (AvgIpc) is 2.20. The third-order valence-electron chi connectivity index (χ3n) is 1.88. The average molecular weight is 225 g/mol. The highest BCUT2D eigenvalue weighted by Crippen LogP contribution is 2.32. The molecule has 0 aliphatic heterocycles. The minimum atomic E-state index is -0.820. The predicted molar refractivity (Wildman–Crippen MR) is 57.0 cm³/mol. The second-order valence-corrected chi connectivity index (χ2v) is 3.21. The second-order valence-electron chi connectivity index (χ2n) is 3.21. The van der Waals surface area contributed by atoms with Crippen molar-refractivity contribution in [3.05, 3.63) is 28.3 Å². The van der Waals surface area contributed by atoms with Crippen molar-refractivity contribution in [3.63, 3.8) is 0 Å². The summed E-state index contributed by atoms with van der Waals surface area (Å²) in [7, 11) is 0. The van der Waals surface area contributed by atoms with Gasteiger partial charge in [0, 0.05) is 6.07 Å². The molecule has 0 bridgehead atoms. The number of phenolic OH excluding ortho intramolecular Hbond substituents is 1. The number of carbonyl (C=O) groups excluding carboxylic acids is 1. The molecule has 0 saturated heterocycles. The number of aromatic hydroxyl groups is 1. The number of para-hydroxylation sites is 1. The van der Waals surface area contributed by atoms with Crippen LogP contribution in [-0.4, -0.2) is 22.0 Å². The number of nitro groups is 1. The minimum absolute atomic E-state index is 0.241. The molecular formula is C9H11N3O4. The van der Waals surface area contributed by atoms with Crippen LogP contribution >= 0.6 is 0 Å². The van der Waals surface area contributed by atoms with Gasteiger partial charge < -0.3 is 16.2 Å². The number of hydrogen-bond acceptors (Lipinski definition) is 5. The van der Waals surface area contributed by atoms with Crippen LogP contribution < -0.4 is 11.1 Å². The fourth-order valence-corrected chi connectivity index (χ4v) is 1.05. The van der Waals surface area contributed by atoms with Crippen LogP contribution in [0, 0.1) is 10.1 Å². The topological polar surface area (TPSA) is 118 Å². The molecule has 0 spiro atoms. The third-order valence-corrected chi connectivity index (χ3v) is 1.88. The molecule has 7 heteroatoms. The summed E-state index contributed by atoms with van der Waals surface area (Å²) in [6.07, 6.45) is 0. The summed E-state index contributed by atoms with van der Waals surface area (Å²) in [5.41, 5.74) is 4.68. The first kappa shape index (κ1) is 11.9. The Balaban J connectivity index is 3.11. The lowest BCUT2D eigenvalue weighted by Crippen LogP contribution is -2.32. The molecule has 1 rings (SSSR count).